The molecule has 0 saturated heterocycles. The molecule has 0 unspecified atom stereocenters. The minimum Gasteiger partial charge on any atom is -0.481 e. The molecule has 2 N–H and O–H groups in total. The summed E-state index contributed by atoms with van der Waals surface area (Å²) in [5.74, 6) is -1.71. The van der Waals surface area contributed by atoms with Crippen molar-refractivity contribution in [3.63, 3.8) is 0 Å². The highest BCUT2D eigenvalue weighted by Gasteiger charge is 2.51. The first-order valence-electron chi connectivity index (χ1n) is 10.2. The van der Waals surface area contributed by atoms with Crippen molar-refractivity contribution in [1.82, 2.24) is 5.32 Å². The largest absolute Gasteiger partial charge is 0.481 e. The number of carboxylic acids is 1. The van der Waals surface area contributed by atoms with Crippen LogP contribution in [-0.2, 0) is 19.9 Å². The van der Waals surface area contributed by atoms with E-state index in [9.17, 15) is 14.7 Å². The predicted octanol–water partition coefficient (Wildman–Crippen LogP) is 4.20. The fraction of sp³-hybridized carbons (Fsp3) is 0.231. The number of esters is 1. The number of benzene rings is 3. The molecule has 3 aromatic rings. The summed E-state index contributed by atoms with van der Waals surface area (Å²) in [7, 11) is 1.28. The van der Waals surface area contributed by atoms with Crippen molar-refractivity contribution in [2.24, 2.45) is 5.41 Å². The molecule has 1 aliphatic rings. The Morgan fingerprint density at radius 3 is 1.84 bits per heavy atom. The fourth-order valence-electron chi connectivity index (χ4n) is 4.46. The van der Waals surface area contributed by atoms with Crippen LogP contribution in [0.5, 0.6) is 0 Å². The number of rotatable bonds is 6. The second-order valence-corrected chi connectivity index (χ2v) is 8.33. The molecule has 5 heteroatoms. The number of carbonyl (C=O) groups excluding carboxylic acids is 1. The molecule has 0 fully saturated rings. The van der Waals surface area contributed by atoms with Crippen molar-refractivity contribution in [2.75, 3.05) is 7.11 Å². The molecule has 4 rings (SSSR count). The van der Waals surface area contributed by atoms with Gasteiger partial charge in [0.1, 0.15) is 6.04 Å². The van der Waals surface area contributed by atoms with Crippen LogP contribution in [0.4, 0.5) is 0 Å². The first-order valence-corrected chi connectivity index (χ1v) is 10.2. The van der Waals surface area contributed by atoms with E-state index in [1.807, 2.05) is 66.7 Å². The van der Waals surface area contributed by atoms with Crippen molar-refractivity contribution in [3.8, 4) is 11.1 Å². The molecule has 158 valence electrons. The van der Waals surface area contributed by atoms with E-state index >= 15 is 0 Å². The van der Waals surface area contributed by atoms with E-state index in [0.29, 0.717) is 0 Å². The molecule has 0 saturated carbocycles. The summed E-state index contributed by atoms with van der Waals surface area (Å²) in [5.41, 5.74) is 2.62. The Labute approximate surface area is 181 Å². The van der Waals surface area contributed by atoms with Crippen LogP contribution in [0, 0.1) is 5.41 Å². The highest BCUT2D eigenvalue weighted by molar-refractivity contribution is 5.88. The zero-order chi connectivity index (χ0) is 22.2. The van der Waals surface area contributed by atoms with Gasteiger partial charge in [-0.1, -0.05) is 78.9 Å². The molecule has 1 atom stereocenters. The Bertz CT molecular complexity index is 1090. The topological polar surface area (TPSA) is 75.6 Å². The monoisotopic (exact) mass is 415 g/mol. The molecule has 5 nitrogen and oxygen atoms in total. The van der Waals surface area contributed by atoms with Gasteiger partial charge in [0.15, 0.2) is 0 Å². The molecule has 0 amide bonds. The van der Waals surface area contributed by atoms with E-state index in [-0.39, 0.29) is 0 Å². The Morgan fingerprint density at radius 2 is 1.35 bits per heavy atom. The number of carbonyl (C=O) groups is 2. The third kappa shape index (κ3) is 3.13. The summed E-state index contributed by atoms with van der Waals surface area (Å²) >= 11 is 0. The second kappa shape index (κ2) is 7.67. The normalized spacial score (nSPS) is 14.9. The van der Waals surface area contributed by atoms with Gasteiger partial charge in [-0.05, 0) is 41.7 Å². The lowest BCUT2D eigenvalue weighted by Crippen LogP contribution is -2.59. The predicted molar refractivity (Wildman–Crippen MR) is 119 cm³/mol. The summed E-state index contributed by atoms with van der Waals surface area (Å²) in [4.78, 5) is 25.0. The van der Waals surface area contributed by atoms with E-state index < -0.39 is 28.9 Å². The molecule has 0 heterocycles. The molecule has 0 bridgehead atoms. The van der Waals surface area contributed by atoms with E-state index in [1.54, 1.807) is 0 Å². The van der Waals surface area contributed by atoms with Gasteiger partial charge in [0.25, 0.3) is 0 Å². The van der Waals surface area contributed by atoms with Gasteiger partial charge in [0.2, 0.25) is 0 Å². The van der Waals surface area contributed by atoms with E-state index in [0.717, 1.165) is 27.8 Å². The standard InChI is InChI=1S/C26H25NO4/c1-25(2,24(29)30)22(23(28)31-3)27-26(17-11-5-4-6-12-17)20-15-9-7-13-18(20)19-14-8-10-16-21(19)26/h4-16,22,27H,1-3H3,(H,29,30)/t22-/m1/s1. The van der Waals surface area contributed by atoms with Crippen molar-refractivity contribution in [2.45, 2.75) is 25.4 Å². The minimum atomic E-state index is -1.42. The van der Waals surface area contributed by atoms with E-state index in [2.05, 4.69) is 17.4 Å². The van der Waals surface area contributed by atoms with Gasteiger partial charge < -0.3 is 9.84 Å². The molecule has 31 heavy (non-hydrogen) atoms. The molecular weight excluding hydrogens is 390 g/mol. The first-order chi connectivity index (χ1) is 14.8. The number of hydrogen-bond acceptors (Lipinski definition) is 4. The Balaban J connectivity index is 2.03. The van der Waals surface area contributed by atoms with E-state index in [1.165, 1.54) is 21.0 Å². The molecule has 3 aromatic carbocycles. The molecule has 0 spiro atoms. The average molecular weight is 415 g/mol. The van der Waals surface area contributed by atoms with Crippen LogP contribution in [0.15, 0.2) is 78.9 Å². The summed E-state index contributed by atoms with van der Waals surface area (Å²) in [6, 6.07) is 24.7. The Hall–Kier alpha value is -3.44. The first kappa shape index (κ1) is 20.8. The van der Waals surface area contributed by atoms with Gasteiger partial charge in [-0.3, -0.25) is 14.9 Å². The quantitative estimate of drug-likeness (QED) is 0.590. The van der Waals surface area contributed by atoms with Gasteiger partial charge >= 0.3 is 11.9 Å². The van der Waals surface area contributed by atoms with Crippen LogP contribution >= 0.6 is 0 Å². The van der Waals surface area contributed by atoms with Gasteiger partial charge in [-0.15, -0.1) is 0 Å². The number of methoxy groups -OCH3 is 1. The maximum absolute atomic E-state index is 12.9. The summed E-state index contributed by atoms with van der Waals surface area (Å²) in [5, 5.41) is 13.4. The molecule has 1 aliphatic carbocycles. The van der Waals surface area contributed by atoms with E-state index in [4.69, 9.17) is 4.74 Å². The number of aliphatic carboxylic acids is 1. The third-order valence-electron chi connectivity index (χ3n) is 6.23. The SMILES string of the molecule is COC(=O)[C@@H](NC1(c2ccccc2)c2ccccc2-c2ccccc21)C(C)(C)C(=O)O. The van der Waals surface area contributed by atoms with Gasteiger partial charge in [0.05, 0.1) is 18.1 Å². The molecule has 0 radical (unpaired) electrons. The van der Waals surface area contributed by atoms with Crippen LogP contribution in [0.3, 0.4) is 0 Å². The van der Waals surface area contributed by atoms with Crippen molar-refractivity contribution in [1.29, 1.82) is 0 Å². The van der Waals surface area contributed by atoms with Gasteiger partial charge in [-0.25, -0.2) is 0 Å². The molecular formula is C26H25NO4. The summed E-state index contributed by atoms with van der Waals surface area (Å²) in [6.07, 6.45) is 0. The maximum Gasteiger partial charge on any atom is 0.324 e. The average Bonchev–Trinajstić information content (AvgIpc) is 3.08. The number of carboxylic acid groups (broad SMARTS) is 1. The lowest BCUT2D eigenvalue weighted by atomic mass is 9.76. The number of fused-ring (bicyclic) bond motifs is 3. The summed E-state index contributed by atoms with van der Waals surface area (Å²) < 4.78 is 5.05. The van der Waals surface area contributed by atoms with Crippen LogP contribution in [0.1, 0.15) is 30.5 Å². The third-order valence-corrected chi connectivity index (χ3v) is 6.23. The highest BCUT2D eigenvalue weighted by Crippen LogP contribution is 2.51. The maximum atomic E-state index is 12.9. The fourth-order valence-corrected chi connectivity index (χ4v) is 4.46. The van der Waals surface area contributed by atoms with Crippen molar-refractivity contribution < 1.29 is 19.4 Å². The lowest BCUT2D eigenvalue weighted by molar-refractivity contribution is -0.159. The lowest BCUT2D eigenvalue weighted by Gasteiger charge is -2.40. The van der Waals surface area contributed by atoms with Crippen molar-refractivity contribution in [3.05, 3.63) is 95.6 Å². The van der Waals surface area contributed by atoms with Crippen LogP contribution in [0.2, 0.25) is 0 Å². The smallest absolute Gasteiger partial charge is 0.324 e. The zero-order valence-electron chi connectivity index (χ0n) is 17.8. The van der Waals surface area contributed by atoms with Gasteiger partial charge in [0, 0.05) is 0 Å². The second-order valence-electron chi connectivity index (χ2n) is 8.33. The highest BCUT2D eigenvalue weighted by atomic mass is 16.5. The minimum absolute atomic E-state index is 0.621. The van der Waals surface area contributed by atoms with Crippen LogP contribution in [0.25, 0.3) is 11.1 Å². The van der Waals surface area contributed by atoms with Crippen LogP contribution in [-0.4, -0.2) is 30.2 Å². The van der Waals surface area contributed by atoms with Crippen molar-refractivity contribution >= 4 is 11.9 Å². The zero-order valence-corrected chi connectivity index (χ0v) is 17.8. The number of nitrogens with one attached hydrogen (secondary N) is 1. The Kier molecular flexibility index (Phi) is 5.15. The van der Waals surface area contributed by atoms with Crippen LogP contribution < -0.4 is 5.32 Å². The number of ether oxygens (including phenoxy) is 1. The molecule has 0 aromatic heterocycles. The van der Waals surface area contributed by atoms with Gasteiger partial charge in [-0.2, -0.15) is 0 Å². The molecule has 0 aliphatic heterocycles. The number of hydrogen-bond donors (Lipinski definition) is 2. The summed E-state index contributed by atoms with van der Waals surface area (Å²) in [6.45, 7) is 3.07. The Morgan fingerprint density at radius 1 is 0.871 bits per heavy atom.